The van der Waals surface area contributed by atoms with E-state index in [4.69, 9.17) is 5.73 Å². The minimum atomic E-state index is -0.111. The summed E-state index contributed by atoms with van der Waals surface area (Å²) in [5.41, 5.74) is 8.08. The number of carbonyl (C=O) groups excluding carboxylic acids is 1. The third-order valence-electron chi connectivity index (χ3n) is 3.37. The van der Waals surface area contributed by atoms with Gasteiger partial charge < -0.3 is 16.0 Å². The van der Waals surface area contributed by atoms with Crippen LogP contribution in [0.5, 0.6) is 0 Å². The van der Waals surface area contributed by atoms with Crippen molar-refractivity contribution in [3.63, 3.8) is 0 Å². The van der Waals surface area contributed by atoms with Gasteiger partial charge in [0.05, 0.1) is 10.7 Å². The van der Waals surface area contributed by atoms with Crippen LogP contribution in [0.2, 0.25) is 0 Å². The number of carbonyl (C=O) groups is 1. The molecule has 0 aromatic carbocycles. The number of nitrogens with two attached hydrogens (primary N) is 1. The molecule has 21 heavy (non-hydrogen) atoms. The Morgan fingerprint density at radius 1 is 1.57 bits per heavy atom. The molecule has 0 aliphatic rings. The van der Waals surface area contributed by atoms with Crippen LogP contribution in [-0.4, -0.2) is 28.5 Å². The van der Waals surface area contributed by atoms with Gasteiger partial charge in [-0.3, -0.25) is 4.79 Å². The summed E-state index contributed by atoms with van der Waals surface area (Å²) in [5.74, 6) is -0.111. The van der Waals surface area contributed by atoms with E-state index in [-0.39, 0.29) is 11.9 Å². The average molecular weight is 306 g/mol. The van der Waals surface area contributed by atoms with Crippen LogP contribution in [0.4, 0.5) is 0 Å². The van der Waals surface area contributed by atoms with Crippen molar-refractivity contribution in [3.05, 3.63) is 28.3 Å². The Balaban J connectivity index is 2.01. The zero-order chi connectivity index (χ0) is 15.2. The molecule has 0 saturated heterocycles. The molecule has 114 valence electrons. The lowest BCUT2D eigenvalue weighted by atomic mass is 10.1. The SMILES string of the molecule is CCCCC(CN)NC(=O)c1cc(-c2csc(C)n2)c[nH]1. The van der Waals surface area contributed by atoms with Gasteiger partial charge in [0.15, 0.2) is 0 Å². The number of rotatable bonds is 7. The molecule has 1 unspecified atom stereocenters. The van der Waals surface area contributed by atoms with E-state index in [0.29, 0.717) is 12.2 Å². The molecule has 4 N–H and O–H groups in total. The van der Waals surface area contributed by atoms with Gasteiger partial charge in [-0.05, 0) is 19.4 Å². The summed E-state index contributed by atoms with van der Waals surface area (Å²) in [4.78, 5) is 19.6. The van der Waals surface area contributed by atoms with E-state index in [9.17, 15) is 4.79 Å². The molecule has 2 heterocycles. The van der Waals surface area contributed by atoms with Gasteiger partial charge in [-0.1, -0.05) is 19.8 Å². The predicted octanol–water partition coefficient (Wildman–Crippen LogP) is 2.69. The molecule has 0 aliphatic heterocycles. The number of nitrogens with zero attached hydrogens (tertiary/aromatic N) is 1. The number of aryl methyl sites for hydroxylation is 1. The number of aromatic amines is 1. The summed E-state index contributed by atoms with van der Waals surface area (Å²) in [7, 11) is 0. The Hall–Kier alpha value is -1.66. The van der Waals surface area contributed by atoms with E-state index in [1.807, 2.05) is 24.6 Å². The molecule has 5 nitrogen and oxygen atoms in total. The summed E-state index contributed by atoms with van der Waals surface area (Å²) < 4.78 is 0. The third kappa shape index (κ3) is 4.15. The van der Waals surface area contributed by atoms with E-state index in [1.54, 1.807) is 11.3 Å². The van der Waals surface area contributed by atoms with Gasteiger partial charge in [-0.25, -0.2) is 4.98 Å². The van der Waals surface area contributed by atoms with Crippen molar-refractivity contribution in [2.45, 2.75) is 39.2 Å². The standard InChI is InChI=1S/C15H22N4OS/c1-3-4-5-12(7-16)19-15(20)13-6-11(8-17-13)14-9-21-10(2)18-14/h6,8-9,12,17H,3-5,7,16H2,1-2H3,(H,19,20). The van der Waals surface area contributed by atoms with Crippen LogP contribution < -0.4 is 11.1 Å². The normalized spacial score (nSPS) is 12.3. The van der Waals surface area contributed by atoms with Crippen molar-refractivity contribution in [3.8, 4) is 11.3 Å². The maximum absolute atomic E-state index is 12.2. The van der Waals surface area contributed by atoms with Crippen LogP contribution in [0.25, 0.3) is 11.3 Å². The van der Waals surface area contributed by atoms with E-state index in [2.05, 4.69) is 22.2 Å². The lowest BCUT2D eigenvalue weighted by Gasteiger charge is -2.15. The van der Waals surface area contributed by atoms with Crippen LogP contribution in [0.1, 0.15) is 41.7 Å². The molecule has 2 aromatic rings. The number of hydrogen-bond donors (Lipinski definition) is 3. The molecule has 6 heteroatoms. The fourth-order valence-corrected chi connectivity index (χ4v) is 2.75. The Morgan fingerprint density at radius 3 is 3.00 bits per heavy atom. The minimum Gasteiger partial charge on any atom is -0.357 e. The van der Waals surface area contributed by atoms with Crippen LogP contribution in [0, 0.1) is 6.92 Å². The first-order valence-corrected chi connectivity index (χ1v) is 8.13. The highest BCUT2D eigenvalue weighted by Crippen LogP contribution is 2.22. The molecule has 0 saturated carbocycles. The number of unbranched alkanes of at least 4 members (excludes halogenated alkanes) is 1. The Morgan fingerprint density at radius 2 is 2.38 bits per heavy atom. The first-order chi connectivity index (χ1) is 10.1. The molecule has 0 spiro atoms. The highest BCUT2D eigenvalue weighted by atomic mass is 32.1. The highest BCUT2D eigenvalue weighted by Gasteiger charge is 2.14. The monoisotopic (exact) mass is 306 g/mol. The molecular weight excluding hydrogens is 284 g/mol. The van der Waals surface area contributed by atoms with Crippen molar-refractivity contribution in [2.75, 3.05) is 6.54 Å². The first-order valence-electron chi connectivity index (χ1n) is 7.26. The van der Waals surface area contributed by atoms with Gasteiger partial charge in [-0.2, -0.15) is 0 Å². The number of H-pyrrole nitrogens is 1. The topological polar surface area (TPSA) is 83.8 Å². The molecule has 1 atom stereocenters. The van der Waals surface area contributed by atoms with Gasteiger partial charge in [0, 0.05) is 29.7 Å². The number of nitrogens with one attached hydrogen (secondary N) is 2. The zero-order valence-corrected chi connectivity index (χ0v) is 13.3. The number of aromatic nitrogens is 2. The average Bonchev–Trinajstić information content (AvgIpc) is 3.11. The number of thiazole rings is 1. The lowest BCUT2D eigenvalue weighted by molar-refractivity contribution is 0.0931. The van der Waals surface area contributed by atoms with E-state index >= 15 is 0 Å². The van der Waals surface area contributed by atoms with Crippen molar-refractivity contribution < 1.29 is 4.79 Å². The Bertz CT molecular complexity index is 590. The lowest BCUT2D eigenvalue weighted by Crippen LogP contribution is -2.40. The van der Waals surface area contributed by atoms with E-state index in [0.717, 1.165) is 35.5 Å². The summed E-state index contributed by atoms with van der Waals surface area (Å²) in [6, 6.07) is 1.86. The summed E-state index contributed by atoms with van der Waals surface area (Å²) in [5, 5.41) is 5.98. The van der Waals surface area contributed by atoms with Crippen molar-refractivity contribution in [2.24, 2.45) is 5.73 Å². The molecular formula is C15H22N4OS. The van der Waals surface area contributed by atoms with Crippen molar-refractivity contribution in [1.82, 2.24) is 15.3 Å². The van der Waals surface area contributed by atoms with Gasteiger partial charge in [0.25, 0.3) is 5.91 Å². The fraction of sp³-hybridized carbons (Fsp3) is 0.467. The third-order valence-corrected chi connectivity index (χ3v) is 4.14. The molecule has 0 radical (unpaired) electrons. The van der Waals surface area contributed by atoms with Gasteiger partial charge >= 0.3 is 0 Å². The van der Waals surface area contributed by atoms with Gasteiger partial charge in [-0.15, -0.1) is 11.3 Å². The van der Waals surface area contributed by atoms with Crippen LogP contribution in [0.3, 0.4) is 0 Å². The quantitative estimate of drug-likeness (QED) is 0.735. The second-order valence-electron chi connectivity index (χ2n) is 5.10. The molecule has 0 aliphatic carbocycles. The largest absolute Gasteiger partial charge is 0.357 e. The maximum Gasteiger partial charge on any atom is 0.267 e. The van der Waals surface area contributed by atoms with Gasteiger partial charge in [0.2, 0.25) is 0 Å². The molecule has 0 bridgehead atoms. The van der Waals surface area contributed by atoms with Crippen LogP contribution in [0.15, 0.2) is 17.6 Å². The van der Waals surface area contributed by atoms with Gasteiger partial charge in [0.1, 0.15) is 5.69 Å². The van der Waals surface area contributed by atoms with E-state index < -0.39 is 0 Å². The Labute approximate surface area is 129 Å². The van der Waals surface area contributed by atoms with Crippen molar-refractivity contribution in [1.29, 1.82) is 0 Å². The summed E-state index contributed by atoms with van der Waals surface area (Å²) in [6.45, 7) is 4.56. The maximum atomic E-state index is 12.2. The zero-order valence-electron chi connectivity index (χ0n) is 12.5. The molecule has 0 fully saturated rings. The minimum absolute atomic E-state index is 0.0331. The second-order valence-corrected chi connectivity index (χ2v) is 6.16. The number of amides is 1. The molecule has 2 aromatic heterocycles. The molecule has 2 rings (SSSR count). The van der Waals surface area contributed by atoms with Crippen LogP contribution in [-0.2, 0) is 0 Å². The molecule has 1 amide bonds. The second kappa shape index (κ2) is 7.38. The van der Waals surface area contributed by atoms with E-state index in [1.165, 1.54) is 0 Å². The fourth-order valence-electron chi connectivity index (χ4n) is 2.13. The van der Waals surface area contributed by atoms with Crippen LogP contribution >= 0.6 is 11.3 Å². The Kier molecular flexibility index (Phi) is 5.52. The summed E-state index contributed by atoms with van der Waals surface area (Å²) in [6.07, 6.45) is 4.89. The highest BCUT2D eigenvalue weighted by molar-refractivity contribution is 7.09. The number of hydrogen-bond acceptors (Lipinski definition) is 4. The van der Waals surface area contributed by atoms with Crippen molar-refractivity contribution >= 4 is 17.2 Å². The smallest absolute Gasteiger partial charge is 0.267 e. The predicted molar refractivity (Wildman–Crippen MR) is 86.5 cm³/mol. The first kappa shape index (κ1) is 15.7. The summed E-state index contributed by atoms with van der Waals surface area (Å²) >= 11 is 1.60.